The molecule has 2 aliphatic rings. The van der Waals surface area contributed by atoms with Crippen LogP contribution in [-0.2, 0) is 19.6 Å². The number of carbonyl (C=O) groups excluding carboxylic acids is 2. The number of ether oxygens (including phenoxy) is 2. The van der Waals surface area contributed by atoms with E-state index in [1.165, 1.54) is 35.6 Å². The number of nitrogens with zero attached hydrogens (tertiary/aromatic N) is 3. The van der Waals surface area contributed by atoms with E-state index in [9.17, 15) is 23.1 Å². The molecule has 0 bridgehead atoms. The second-order valence-corrected chi connectivity index (χ2v) is 13.3. The van der Waals surface area contributed by atoms with Gasteiger partial charge in [-0.15, -0.1) is 0 Å². The van der Waals surface area contributed by atoms with Gasteiger partial charge in [-0.3, -0.25) is 14.5 Å². The highest BCUT2D eigenvalue weighted by molar-refractivity contribution is 7.89. The number of aliphatic hydroxyl groups is 1. The quantitative estimate of drug-likeness (QED) is 0.414. The van der Waals surface area contributed by atoms with Gasteiger partial charge in [0, 0.05) is 56.3 Å². The first kappa shape index (κ1) is 32.2. The third-order valence-corrected chi connectivity index (χ3v) is 9.76. The largest absolute Gasteiger partial charge is 0.488 e. The maximum atomic E-state index is 13.7. The van der Waals surface area contributed by atoms with Crippen LogP contribution in [0.25, 0.3) is 0 Å². The Balaban J connectivity index is 1.55. The predicted octanol–water partition coefficient (Wildman–Crippen LogP) is 2.54. The van der Waals surface area contributed by atoms with Crippen LogP contribution in [0.1, 0.15) is 30.6 Å². The average Bonchev–Trinajstić information content (AvgIpc) is 2.98. The zero-order chi connectivity index (χ0) is 30.4. The van der Waals surface area contributed by atoms with Crippen LogP contribution >= 0.6 is 11.6 Å². The van der Waals surface area contributed by atoms with Crippen molar-refractivity contribution in [3.05, 3.63) is 53.1 Å². The van der Waals surface area contributed by atoms with Gasteiger partial charge in [0.25, 0.3) is 5.91 Å². The van der Waals surface area contributed by atoms with E-state index in [2.05, 4.69) is 10.2 Å². The summed E-state index contributed by atoms with van der Waals surface area (Å²) in [5.41, 5.74) is 0.670. The zero-order valence-electron chi connectivity index (χ0n) is 24.2. The minimum Gasteiger partial charge on any atom is -0.488 e. The second-order valence-electron chi connectivity index (χ2n) is 10.8. The SMILES string of the molecule is C[C@@H]1CN([C@H](C)CO)C(=O)c2cc(NC(=O)CCN3CCOCC3)ccc2O[C@H]1CN(C)S(=O)(=O)c1ccc(Cl)cc1. The van der Waals surface area contributed by atoms with Crippen LogP contribution in [0.2, 0.25) is 5.02 Å². The Morgan fingerprint density at radius 3 is 2.55 bits per heavy atom. The van der Waals surface area contributed by atoms with Gasteiger partial charge in [0.15, 0.2) is 0 Å². The van der Waals surface area contributed by atoms with Crippen LogP contribution in [-0.4, -0.2) is 111 Å². The molecule has 0 saturated carbocycles. The molecule has 42 heavy (non-hydrogen) atoms. The Hall–Kier alpha value is -2.74. The monoisotopic (exact) mass is 622 g/mol. The number of likely N-dealkylation sites (N-methyl/N-ethyl adjacent to an activating group) is 1. The molecular formula is C29H39ClN4O7S. The number of aliphatic hydroxyl groups excluding tert-OH is 1. The minimum atomic E-state index is -3.84. The highest BCUT2D eigenvalue weighted by Crippen LogP contribution is 2.31. The minimum absolute atomic E-state index is 0.0150. The number of hydrogen-bond donors (Lipinski definition) is 2. The maximum Gasteiger partial charge on any atom is 0.258 e. The van der Waals surface area contributed by atoms with Crippen molar-refractivity contribution < 1.29 is 32.6 Å². The molecule has 3 atom stereocenters. The lowest BCUT2D eigenvalue weighted by Gasteiger charge is -2.38. The molecule has 11 nitrogen and oxygen atoms in total. The Labute approximate surface area is 252 Å². The molecule has 230 valence electrons. The van der Waals surface area contributed by atoms with Gasteiger partial charge in [-0.25, -0.2) is 8.42 Å². The Kier molecular flexibility index (Phi) is 10.8. The van der Waals surface area contributed by atoms with Crippen molar-refractivity contribution in [1.29, 1.82) is 0 Å². The number of hydrogen-bond acceptors (Lipinski definition) is 8. The summed E-state index contributed by atoms with van der Waals surface area (Å²) < 4.78 is 39.4. The highest BCUT2D eigenvalue weighted by Gasteiger charge is 2.35. The summed E-state index contributed by atoms with van der Waals surface area (Å²) in [4.78, 5) is 30.2. The normalized spacial score (nSPS) is 20.8. The van der Waals surface area contributed by atoms with Crippen molar-refractivity contribution in [2.45, 2.75) is 37.3 Å². The van der Waals surface area contributed by atoms with Crippen molar-refractivity contribution in [3.8, 4) is 5.75 Å². The van der Waals surface area contributed by atoms with E-state index in [0.717, 1.165) is 13.1 Å². The molecule has 2 N–H and O–H groups in total. The van der Waals surface area contributed by atoms with Crippen LogP contribution in [0, 0.1) is 5.92 Å². The summed E-state index contributed by atoms with van der Waals surface area (Å²) in [5, 5.41) is 13.2. The lowest BCUT2D eigenvalue weighted by molar-refractivity contribution is -0.116. The molecule has 0 spiro atoms. The number of anilines is 1. The summed E-state index contributed by atoms with van der Waals surface area (Å²) in [7, 11) is -2.36. The van der Waals surface area contributed by atoms with Crippen molar-refractivity contribution in [2.75, 3.05) is 64.9 Å². The second kappa shape index (κ2) is 14.2. The van der Waals surface area contributed by atoms with Gasteiger partial charge in [-0.05, 0) is 49.4 Å². The van der Waals surface area contributed by atoms with Crippen molar-refractivity contribution in [2.24, 2.45) is 5.92 Å². The Morgan fingerprint density at radius 1 is 1.19 bits per heavy atom. The highest BCUT2D eigenvalue weighted by atomic mass is 35.5. The number of fused-ring (bicyclic) bond motifs is 1. The maximum absolute atomic E-state index is 13.7. The molecule has 0 radical (unpaired) electrons. The number of halogens is 1. The first-order chi connectivity index (χ1) is 20.0. The van der Waals surface area contributed by atoms with Crippen LogP contribution in [0.3, 0.4) is 0 Å². The summed E-state index contributed by atoms with van der Waals surface area (Å²) in [6.45, 7) is 7.11. The molecule has 0 aliphatic carbocycles. The van der Waals surface area contributed by atoms with Gasteiger partial charge in [-0.1, -0.05) is 18.5 Å². The number of amides is 2. The van der Waals surface area contributed by atoms with Crippen molar-refractivity contribution in [1.82, 2.24) is 14.1 Å². The smallest absolute Gasteiger partial charge is 0.258 e. The fourth-order valence-corrected chi connectivity index (χ4v) is 6.27. The van der Waals surface area contributed by atoms with E-state index < -0.39 is 22.2 Å². The van der Waals surface area contributed by atoms with Crippen LogP contribution in [0.15, 0.2) is 47.4 Å². The number of rotatable bonds is 10. The Morgan fingerprint density at radius 2 is 1.88 bits per heavy atom. The lowest BCUT2D eigenvalue weighted by Crippen LogP contribution is -2.50. The fraction of sp³-hybridized carbons (Fsp3) is 0.517. The number of sulfonamides is 1. The van der Waals surface area contributed by atoms with Gasteiger partial charge < -0.3 is 24.8 Å². The van der Waals surface area contributed by atoms with E-state index in [1.54, 1.807) is 30.0 Å². The van der Waals surface area contributed by atoms with Crippen LogP contribution < -0.4 is 10.1 Å². The van der Waals surface area contributed by atoms with Crippen molar-refractivity contribution >= 4 is 39.1 Å². The third kappa shape index (κ3) is 7.80. The molecule has 13 heteroatoms. The molecule has 2 heterocycles. The van der Waals surface area contributed by atoms with Gasteiger partial charge in [0.1, 0.15) is 11.9 Å². The fourth-order valence-electron chi connectivity index (χ4n) is 4.96. The first-order valence-electron chi connectivity index (χ1n) is 14.0. The number of benzene rings is 2. The molecule has 1 saturated heterocycles. The lowest BCUT2D eigenvalue weighted by atomic mass is 9.99. The van der Waals surface area contributed by atoms with E-state index in [0.29, 0.717) is 36.9 Å². The average molecular weight is 623 g/mol. The summed E-state index contributed by atoms with van der Waals surface area (Å²) >= 11 is 5.94. The number of morpholine rings is 1. The Bertz CT molecular complexity index is 1350. The van der Waals surface area contributed by atoms with Crippen LogP contribution in [0.4, 0.5) is 5.69 Å². The van der Waals surface area contributed by atoms with E-state index in [-0.39, 0.29) is 53.6 Å². The molecular weight excluding hydrogens is 584 g/mol. The molecule has 0 unspecified atom stereocenters. The summed E-state index contributed by atoms with van der Waals surface area (Å²) in [6, 6.07) is 10.3. The standard InChI is InChI=1S/C29H39ClN4O7S/c1-20-17-34(21(2)19-35)29(37)25-16-23(31-28(36)10-11-33-12-14-40-15-13-33)6-9-26(25)41-27(20)18-32(3)42(38,39)24-7-4-22(30)5-8-24/h4-9,16,20-21,27,35H,10-15,17-19H2,1-3H3,(H,31,36)/t20-,21-,27+/m1/s1. The molecule has 0 aromatic heterocycles. The molecule has 2 amide bonds. The molecule has 4 rings (SSSR count). The molecule has 2 aliphatic heterocycles. The molecule has 1 fully saturated rings. The van der Waals surface area contributed by atoms with Gasteiger partial charge in [0.05, 0.1) is 42.9 Å². The zero-order valence-corrected chi connectivity index (χ0v) is 25.7. The van der Waals surface area contributed by atoms with E-state index >= 15 is 0 Å². The summed E-state index contributed by atoms with van der Waals surface area (Å²) in [5.74, 6) is -0.529. The number of nitrogens with one attached hydrogen (secondary N) is 1. The summed E-state index contributed by atoms with van der Waals surface area (Å²) in [6.07, 6.45) is -0.324. The first-order valence-corrected chi connectivity index (χ1v) is 15.9. The van der Waals surface area contributed by atoms with Gasteiger partial charge in [0.2, 0.25) is 15.9 Å². The predicted molar refractivity (Wildman–Crippen MR) is 159 cm³/mol. The van der Waals surface area contributed by atoms with Crippen molar-refractivity contribution in [3.63, 3.8) is 0 Å². The van der Waals surface area contributed by atoms with E-state index in [1.807, 2.05) is 6.92 Å². The number of carbonyl (C=O) groups is 2. The van der Waals surface area contributed by atoms with E-state index in [4.69, 9.17) is 21.1 Å². The van der Waals surface area contributed by atoms with Crippen LogP contribution in [0.5, 0.6) is 5.75 Å². The van der Waals surface area contributed by atoms with Gasteiger partial charge >= 0.3 is 0 Å². The molecule has 2 aromatic rings. The van der Waals surface area contributed by atoms with Gasteiger partial charge in [-0.2, -0.15) is 4.31 Å². The topological polar surface area (TPSA) is 129 Å². The third-order valence-electron chi connectivity index (χ3n) is 7.67. The molecule has 2 aromatic carbocycles.